The molecule has 1 heterocycles. The fraction of sp³-hybridized carbons (Fsp3) is 0.250. The van der Waals surface area contributed by atoms with E-state index in [1.807, 2.05) is 49.4 Å². The Morgan fingerprint density at radius 2 is 2.00 bits per heavy atom. The molecule has 0 atom stereocenters. The van der Waals surface area contributed by atoms with E-state index in [0.29, 0.717) is 19.6 Å². The van der Waals surface area contributed by atoms with E-state index in [0.717, 1.165) is 17.0 Å². The van der Waals surface area contributed by atoms with E-state index >= 15 is 0 Å². The lowest BCUT2D eigenvalue weighted by molar-refractivity contribution is -0.120. The summed E-state index contributed by atoms with van der Waals surface area (Å²) in [7, 11) is 0. The number of rotatable bonds is 6. The van der Waals surface area contributed by atoms with Crippen LogP contribution in [0.1, 0.15) is 18.2 Å². The summed E-state index contributed by atoms with van der Waals surface area (Å²) in [6.07, 6.45) is 2.08. The summed E-state index contributed by atoms with van der Waals surface area (Å²) < 4.78 is 5.36. The first-order valence-electron chi connectivity index (χ1n) is 6.66. The molecule has 0 bridgehead atoms. The highest BCUT2D eigenvalue weighted by atomic mass is 16.5. The molecule has 0 aliphatic heterocycles. The molecule has 2 rings (SSSR count). The van der Waals surface area contributed by atoms with Crippen molar-refractivity contribution in [2.75, 3.05) is 6.61 Å². The van der Waals surface area contributed by atoms with Crippen LogP contribution in [0.25, 0.3) is 0 Å². The molecule has 4 nitrogen and oxygen atoms in total. The average molecular weight is 270 g/mol. The van der Waals surface area contributed by atoms with E-state index in [4.69, 9.17) is 4.74 Å². The fourth-order valence-corrected chi connectivity index (χ4v) is 1.81. The second-order valence-corrected chi connectivity index (χ2v) is 4.35. The van der Waals surface area contributed by atoms with Crippen LogP contribution in [0, 0.1) is 0 Å². The van der Waals surface area contributed by atoms with Gasteiger partial charge in [-0.2, -0.15) is 0 Å². The van der Waals surface area contributed by atoms with E-state index in [2.05, 4.69) is 10.3 Å². The van der Waals surface area contributed by atoms with Crippen LogP contribution in [0.5, 0.6) is 5.75 Å². The van der Waals surface area contributed by atoms with Crippen molar-refractivity contribution in [1.29, 1.82) is 0 Å². The van der Waals surface area contributed by atoms with Crippen LogP contribution in [0.2, 0.25) is 0 Å². The van der Waals surface area contributed by atoms with Gasteiger partial charge in [-0.25, -0.2) is 0 Å². The Morgan fingerprint density at radius 1 is 1.20 bits per heavy atom. The molecule has 0 aliphatic carbocycles. The molecule has 1 aromatic heterocycles. The molecular formula is C16H18N2O2. The Labute approximate surface area is 118 Å². The maximum Gasteiger partial charge on any atom is 0.224 e. The van der Waals surface area contributed by atoms with Crippen molar-refractivity contribution < 1.29 is 9.53 Å². The summed E-state index contributed by atoms with van der Waals surface area (Å²) >= 11 is 0. The molecule has 1 amide bonds. The lowest BCUT2D eigenvalue weighted by Crippen LogP contribution is -2.24. The molecule has 104 valence electrons. The van der Waals surface area contributed by atoms with Crippen LogP contribution in [-0.4, -0.2) is 17.5 Å². The second kappa shape index (κ2) is 7.28. The van der Waals surface area contributed by atoms with Crippen molar-refractivity contribution in [2.24, 2.45) is 0 Å². The zero-order valence-electron chi connectivity index (χ0n) is 11.5. The quantitative estimate of drug-likeness (QED) is 0.876. The molecule has 0 radical (unpaired) electrons. The zero-order chi connectivity index (χ0) is 14.2. The lowest BCUT2D eigenvalue weighted by Gasteiger charge is -2.06. The predicted octanol–water partition coefficient (Wildman–Crippen LogP) is 2.34. The summed E-state index contributed by atoms with van der Waals surface area (Å²) in [5.74, 6) is 0.810. The average Bonchev–Trinajstić information content (AvgIpc) is 2.49. The number of nitrogens with one attached hydrogen (secondary N) is 1. The first-order chi connectivity index (χ1) is 9.78. The lowest BCUT2D eigenvalue weighted by atomic mass is 10.1. The molecule has 0 spiro atoms. The van der Waals surface area contributed by atoms with Crippen molar-refractivity contribution in [3.63, 3.8) is 0 Å². The SMILES string of the molecule is CCOc1ccc(CC(=O)NCc2ccccn2)cc1. The van der Waals surface area contributed by atoms with Gasteiger partial charge in [-0.1, -0.05) is 18.2 Å². The van der Waals surface area contributed by atoms with Crippen LogP contribution >= 0.6 is 0 Å². The standard InChI is InChI=1S/C16H18N2O2/c1-2-20-15-8-6-13(7-9-15)11-16(19)18-12-14-5-3-4-10-17-14/h3-10H,2,11-12H2,1H3,(H,18,19). The first-order valence-corrected chi connectivity index (χ1v) is 6.66. The first kappa shape index (κ1) is 14.1. The number of benzene rings is 1. The van der Waals surface area contributed by atoms with Gasteiger partial charge in [0.2, 0.25) is 5.91 Å². The van der Waals surface area contributed by atoms with Crippen LogP contribution in [0.15, 0.2) is 48.7 Å². The largest absolute Gasteiger partial charge is 0.494 e. The summed E-state index contributed by atoms with van der Waals surface area (Å²) in [4.78, 5) is 16.0. The van der Waals surface area contributed by atoms with Crippen LogP contribution in [-0.2, 0) is 17.8 Å². The van der Waals surface area contributed by atoms with Gasteiger partial charge in [-0.3, -0.25) is 9.78 Å². The van der Waals surface area contributed by atoms with Gasteiger partial charge in [0.1, 0.15) is 5.75 Å². The van der Waals surface area contributed by atoms with Crippen LogP contribution in [0.3, 0.4) is 0 Å². The Bertz CT molecular complexity index is 538. The fourth-order valence-electron chi connectivity index (χ4n) is 1.81. The number of carbonyl (C=O) groups excluding carboxylic acids is 1. The minimum atomic E-state index is -0.0141. The molecule has 1 N–H and O–H groups in total. The monoisotopic (exact) mass is 270 g/mol. The minimum absolute atomic E-state index is 0.0141. The summed E-state index contributed by atoms with van der Waals surface area (Å²) in [5, 5.41) is 2.85. The summed E-state index contributed by atoms with van der Waals surface area (Å²) in [6, 6.07) is 13.2. The molecular weight excluding hydrogens is 252 g/mol. The van der Waals surface area contributed by atoms with Crippen LogP contribution in [0.4, 0.5) is 0 Å². The topological polar surface area (TPSA) is 51.2 Å². The Kier molecular flexibility index (Phi) is 5.12. The van der Waals surface area contributed by atoms with E-state index < -0.39 is 0 Å². The molecule has 4 heteroatoms. The van der Waals surface area contributed by atoms with E-state index in [9.17, 15) is 4.79 Å². The normalized spacial score (nSPS) is 10.1. The zero-order valence-corrected chi connectivity index (χ0v) is 11.5. The van der Waals surface area contributed by atoms with Crippen molar-refractivity contribution in [2.45, 2.75) is 19.9 Å². The van der Waals surface area contributed by atoms with Gasteiger partial charge < -0.3 is 10.1 Å². The van der Waals surface area contributed by atoms with Crippen LogP contribution < -0.4 is 10.1 Å². The van der Waals surface area contributed by atoms with E-state index in [1.54, 1.807) is 6.20 Å². The molecule has 0 saturated heterocycles. The smallest absolute Gasteiger partial charge is 0.224 e. The maximum atomic E-state index is 11.8. The van der Waals surface area contributed by atoms with Crippen molar-refractivity contribution >= 4 is 5.91 Å². The third-order valence-corrected chi connectivity index (χ3v) is 2.79. The third kappa shape index (κ3) is 4.39. The minimum Gasteiger partial charge on any atom is -0.494 e. The third-order valence-electron chi connectivity index (χ3n) is 2.79. The Hall–Kier alpha value is -2.36. The second-order valence-electron chi connectivity index (χ2n) is 4.35. The van der Waals surface area contributed by atoms with Crippen molar-refractivity contribution in [1.82, 2.24) is 10.3 Å². The number of hydrogen-bond donors (Lipinski definition) is 1. The number of aromatic nitrogens is 1. The molecule has 0 fully saturated rings. The number of ether oxygens (including phenoxy) is 1. The summed E-state index contributed by atoms with van der Waals surface area (Å²) in [6.45, 7) is 3.04. The van der Waals surface area contributed by atoms with Gasteiger partial charge in [0.25, 0.3) is 0 Å². The summed E-state index contributed by atoms with van der Waals surface area (Å²) in [5.41, 5.74) is 1.82. The number of hydrogen-bond acceptors (Lipinski definition) is 3. The number of nitrogens with zero attached hydrogens (tertiary/aromatic N) is 1. The van der Waals surface area contributed by atoms with E-state index in [1.165, 1.54) is 0 Å². The van der Waals surface area contributed by atoms with Crippen molar-refractivity contribution in [3.8, 4) is 5.75 Å². The van der Waals surface area contributed by atoms with Gasteiger partial charge in [-0.05, 0) is 36.8 Å². The Balaban J connectivity index is 1.82. The molecule has 20 heavy (non-hydrogen) atoms. The molecule has 1 aromatic carbocycles. The van der Waals surface area contributed by atoms with Gasteiger partial charge in [0.15, 0.2) is 0 Å². The highest BCUT2D eigenvalue weighted by Crippen LogP contribution is 2.12. The van der Waals surface area contributed by atoms with Gasteiger partial charge in [0.05, 0.1) is 25.3 Å². The van der Waals surface area contributed by atoms with Gasteiger partial charge >= 0.3 is 0 Å². The molecule has 0 aliphatic rings. The maximum absolute atomic E-state index is 11.8. The predicted molar refractivity (Wildman–Crippen MR) is 77.4 cm³/mol. The van der Waals surface area contributed by atoms with E-state index in [-0.39, 0.29) is 5.91 Å². The van der Waals surface area contributed by atoms with Gasteiger partial charge in [-0.15, -0.1) is 0 Å². The number of amides is 1. The highest BCUT2D eigenvalue weighted by Gasteiger charge is 2.04. The molecule has 0 saturated carbocycles. The Morgan fingerprint density at radius 3 is 2.65 bits per heavy atom. The van der Waals surface area contributed by atoms with Gasteiger partial charge in [0, 0.05) is 6.20 Å². The highest BCUT2D eigenvalue weighted by molar-refractivity contribution is 5.78. The van der Waals surface area contributed by atoms with Crippen molar-refractivity contribution in [3.05, 3.63) is 59.9 Å². The number of carbonyl (C=O) groups is 1. The molecule has 2 aromatic rings. The number of pyridine rings is 1. The molecule has 0 unspecified atom stereocenters.